The molecule has 0 saturated heterocycles. The summed E-state index contributed by atoms with van der Waals surface area (Å²) in [5, 5.41) is 2.93. The maximum absolute atomic E-state index is 12.9. The summed E-state index contributed by atoms with van der Waals surface area (Å²) in [5.41, 5.74) is 2.18. The number of nitrogens with one attached hydrogen (secondary N) is 1. The smallest absolute Gasteiger partial charge is 0.317 e. The van der Waals surface area contributed by atoms with Crippen LogP contribution in [-0.2, 0) is 6.54 Å². The van der Waals surface area contributed by atoms with Crippen molar-refractivity contribution in [3.05, 3.63) is 71.5 Å². The highest BCUT2D eigenvalue weighted by molar-refractivity contribution is 5.73. The van der Waals surface area contributed by atoms with Crippen molar-refractivity contribution in [2.45, 2.75) is 25.8 Å². The molecule has 3 nitrogen and oxygen atoms in total. The summed E-state index contributed by atoms with van der Waals surface area (Å²) in [4.78, 5) is 13.7. The van der Waals surface area contributed by atoms with Gasteiger partial charge in [-0.05, 0) is 35.6 Å². The molecule has 0 saturated carbocycles. The van der Waals surface area contributed by atoms with E-state index in [0.717, 1.165) is 12.0 Å². The van der Waals surface area contributed by atoms with Gasteiger partial charge in [0.1, 0.15) is 5.82 Å². The first kappa shape index (κ1) is 17.0. The first-order valence-corrected chi connectivity index (χ1v) is 7.84. The number of benzene rings is 2. The Balaban J connectivity index is 1.74. The Morgan fingerprint density at radius 2 is 1.78 bits per heavy atom. The van der Waals surface area contributed by atoms with Gasteiger partial charge in [-0.25, -0.2) is 9.18 Å². The molecule has 1 atom stereocenters. The van der Waals surface area contributed by atoms with E-state index < -0.39 is 0 Å². The van der Waals surface area contributed by atoms with E-state index in [1.807, 2.05) is 18.2 Å². The minimum Gasteiger partial charge on any atom is -0.338 e. The van der Waals surface area contributed by atoms with Gasteiger partial charge in [-0.1, -0.05) is 49.4 Å². The summed E-state index contributed by atoms with van der Waals surface area (Å²) in [6.07, 6.45) is 0.889. The Morgan fingerprint density at radius 1 is 1.13 bits per heavy atom. The molecule has 0 aliphatic rings. The zero-order valence-electron chi connectivity index (χ0n) is 13.6. The molecule has 2 rings (SSSR count). The van der Waals surface area contributed by atoms with Crippen LogP contribution >= 0.6 is 0 Å². The van der Waals surface area contributed by atoms with Crippen LogP contribution in [0.15, 0.2) is 54.6 Å². The van der Waals surface area contributed by atoms with Crippen LogP contribution in [0.4, 0.5) is 9.18 Å². The van der Waals surface area contributed by atoms with E-state index in [4.69, 9.17) is 0 Å². The maximum Gasteiger partial charge on any atom is 0.317 e. The Hall–Kier alpha value is -2.36. The molecular weight excluding hydrogens is 291 g/mol. The first-order valence-electron chi connectivity index (χ1n) is 7.84. The van der Waals surface area contributed by atoms with Crippen molar-refractivity contribution >= 4 is 6.03 Å². The number of carbonyl (C=O) groups is 1. The number of carbonyl (C=O) groups excluding carboxylic acids is 1. The molecule has 0 spiro atoms. The predicted molar refractivity (Wildman–Crippen MR) is 90.7 cm³/mol. The van der Waals surface area contributed by atoms with Crippen LogP contribution in [-0.4, -0.2) is 24.5 Å². The summed E-state index contributed by atoms with van der Waals surface area (Å²) in [6, 6.07) is 16.3. The van der Waals surface area contributed by atoms with Crippen molar-refractivity contribution < 1.29 is 9.18 Å². The second-order valence-corrected chi connectivity index (χ2v) is 5.81. The van der Waals surface area contributed by atoms with Crippen LogP contribution in [0.2, 0.25) is 0 Å². The monoisotopic (exact) mass is 314 g/mol. The Bertz CT molecular complexity index is 613. The normalized spacial score (nSPS) is 11.8. The molecule has 0 heterocycles. The van der Waals surface area contributed by atoms with Gasteiger partial charge >= 0.3 is 6.03 Å². The molecule has 0 aromatic heterocycles. The zero-order valence-corrected chi connectivity index (χ0v) is 13.6. The van der Waals surface area contributed by atoms with Gasteiger partial charge in [-0.3, -0.25) is 0 Å². The standard InChI is InChI=1S/C19H23FN2O/c1-15(17-6-4-3-5-7-17)12-13-21-19(23)22(2)14-16-8-10-18(20)11-9-16/h3-11,15H,12-14H2,1-2H3,(H,21,23). The average molecular weight is 314 g/mol. The van der Waals surface area contributed by atoms with E-state index in [1.165, 1.54) is 17.7 Å². The minimum atomic E-state index is -0.268. The van der Waals surface area contributed by atoms with Crippen molar-refractivity contribution in [2.75, 3.05) is 13.6 Å². The van der Waals surface area contributed by atoms with Gasteiger partial charge in [0, 0.05) is 20.1 Å². The van der Waals surface area contributed by atoms with Crippen LogP contribution < -0.4 is 5.32 Å². The van der Waals surface area contributed by atoms with Crippen LogP contribution in [0.1, 0.15) is 30.4 Å². The lowest BCUT2D eigenvalue weighted by atomic mass is 9.98. The van der Waals surface area contributed by atoms with Gasteiger partial charge in [0.05, 0.1) is 0 Å². The second kappa shape index (κ2) is 8.32. The molecule has 0 aliphatic heterocycles. The van der Waals surface area contributed by atoms with Gasteiger partial charge in [0.15, 0.2) is 0 Å². The van der Waals surface area contributed by atoms with E-state index in [-0.39, 0.29) is 11.8 Å². The molecule has 0 bridgehead atoms. The number of hydrogen-bond donors (Lipinski definition) is 1. The third kappa shape index (κ3) is 5.40. The third-order valence-electron chi connectivity index (χ3n) is 3.90. The largest absolute Gasteiger partial charge is 0.338 e. The highest BCUT2D eigenvalue weighted by atomic mass is 19.1. The van der Waals surface area contributed by atoms with Gasteiger partial charge in [0.2, 0.25) is 0 Å². The molecule has 122 valence electrons. The number of rotatable bonds is 6. The molecular formula is C19H23FN2O. The fourth-order valence-electron chi connectivity index (χ4n) is 2.41. The van der Waals surface area contributed by atoms with Gasteiger partial charge in [-0.2, -0.15) is 0 Å². The van der Waals surface area contributed by atoms with Crippen molar-refractivity contribution in [3.63, 3.8) is 0 Å². The molecule has 4 heteroatoms. The third-order valence-corrected chi connectivity index (χ3v) is 3.90. The number of hydrogen-bond acceptors (Lipinski definition) is 1. The number of nitrogens with zero attached hydrogens (tertiary/aromatic N) is 1. The molecule has 0 fully saturated rings. The number of amides is 2. The highest BCUT2D eigenvalue weighted by Crippen LogP contribution is 2.17. The van der Waals surface area contributed by atoms with Crippen molar-refractivity contribution in [1.29, 1.82) is 0 Å². The topological polar surface area (TPSA) is 32.3 Å². The Kier molecular flexibility index (Phi) is 6.15. The summed E-state index contributed by atoms with van der Waals surface area (Å²) >= 11 is 0. The molecule has 2 aromatic carbocycles. The van der Waals surface area contributed by atoms with Crippen LogP contribution in [0.3, 0.4) is 0 Å². The first-order chi connectivity index (χ1) is 11.1. The van der Waals surface area contributed by atoms with Crippen LogP contribution in [0, 0.1) is 5.82 Å². The van der Waals surface area contributed by atoms with E-state index in [2.05, 4.69) is 24.4 Å². The quantitative estimate of drug-likeness (QED) is 0.853. The average Bonchev–Trinajstić information content (AvgIpc) is 2.57. The molecule has 2 aromatic rings. The van der Waals surface area contributed by atoms with Crippen molar-refractivity contribution in [2.24, 2.45) is 0 Å². The lowest BCUT2D eigenvalue weighted by Crippen LogP contribution is -2.37. The number of urea groups is 1. The van der Waals surface area contributed by atoms with Crippen LogP contribution in [0.25, 0.3) is 0 Å². The van der Waals surface area contributed by atoms with E-state index in [1.54, 1.807) is 24.1 Å². The lowest BCUT2D eigenvalue weighted by Gasteiger charge is -2.19. The second-order valence-electron chi connectivity index (χ2n) is 5.81. The van der Waals surface area contributed by atoms with Crippen LogP contribution in [0.5, 0.6) is 0 Å². The SMILES string of the molecule is CC(CCNC(=O)N(C)Cc1ccc(F)cc1)c1ccccc1. The molecule has 23 heavy (non-hydrogen) atoms. The van der Waals surface area contributed by atoms with Gasteiger partial charge in [0.25, 0.3) is 0 Å². The van der Waals surface area contributed by atoms with E-state index in [9.17, 15) is 9.18 Å². The molecule has 0 radical (unpaired) electrons. The summed E-state index contributed by atoms with van der Waals surface area (Å²) in [6.45, 7) is 3.24. The Morgan fingerprint density at radius 3 is 2.43 bits per heavy atom. The minimum absolute atomic E-state index is 0.116. The van der Waals surface area contributed by atoms with E-state index >= 15 is 0 Å². The molecule has 0 aliphatic carbocycles. The zero-order chi connectivity index (χ0) is 16.7. The number of halogens is 1. The van der Waals surface area contributed by atoms with E-state index in [0.29, 0.717) is 19.0 Å². The molecule has 1 N–H and O–H groups in total. The predicted octanol–water partition coefficient (Wildman–Crippen LogP) is 4.16. The van der Waals surface area contributed by atoms with Gasteiger partial charge < -0.3 is 10.2 Å². The molecule has 1 unspecified atom stereocenters. The van der Waals surface area contributed by atoms with Gasteiger partial charge in [-0.15, -0.1) is 0 Å². The summed E-state index contributed by atoms with van der Waals surface area (Å²) < 4.78 is 12.9. The molecule has 2 amide bonds. The highest BCUT2D eigenvalue weighted by Gasteiger charge is 2.10. The Labute approximate surface area is 137 Å². The summed E-state index contributed by atoms with van der Waals surface area (Å²) in [7, 11) is 1.74. The van der Waals surface area contributed by atoms with Crippen molar-refractivity contribution in [1.82, 2.24) is 10.2 Å². The fraction of sp³-hybridized carbons (Fsp3) is 0.316. The van der Waals surface area contributed by atoms with Crippen molar-refractivity contribution in [3.8, 4) is 0 Å². The fourth-order valence-corrected chi connectivity index (χ4v) is 2.41. The maximum atomic E-state index is 12.9. The summed E-state index contributed by atoms with van der Waals surface area (Å²) in [5.74, 6) is 0.134. The lowest BCUT2D eigenvalue weighted by molar-refractivity contribution is 0.206.